The first-order valence-electron chi connectivity index (χ1n) is 4.33. The lowest BCUT2D eigenvalue weighted by molar-refractivity contribution is -0.671. The highest BCUT2D eigenvalue weighted by molar-refractivity contribution is 7.85. The monoisotopic (exact) mass is 220 g/mol. The van der Waals surface area contributed by atoms with Crippen LogP contribution in [0.25, 0.3) is 0 Å². The lowest BCUT2D eigenvalue weighted by Crippen LogP contribution is -2.23. The first-order valence-corrected chi connectivity index (χ1v) is 5.91. The van der Waals surface area contributed by atoms with Gasteiger partial charge in [0.2, 0.25) is 6.33 Å². The van der Waals surface area contributed by atoms with E-state index in [-0.39, 0.29) is 5.75 Å². The molecule has 0 N–H and O–H groups in total. The van der Waals surface area contributed by atoms with Gasteiger partial charge >= 0.3 is 0 Å². The summed E-state index contributed by atoms with van der Waals surface area (Å²) in [5, 5.41) is 0. The van der Waals surface area contributed by atoms with Crippen molar-refractivity contribution in [2.75, 3.05) is 5.75 Å². The van der Waals surface area contributed by atoms with Gasteiger partial charge in [-0.3, -0.25) is 0 Å². The summed E-state index contributed by atoms with van der Waals surface area (Å²) in [5.41, 5.74) is 0. The molecule has 14 heavy (non-hydrogen) atoms. The SMILES string of the molecule is CCS(=O)(=O)[O-].CCn1cc[n+](C)c1. The Morgan fingerprint density at radius 3 is 2.07 bits per heavy atom. The van der Waals surface area contributed by atoms with Crippen LogP contribution in [0.4, 0.5) is 0 Å². The summed E-state index contributed by atoms with van der Waals surface area (Å²) in [6.07, 6.45) is 6.14. The standard InChI is InChI=1S/C6H11N2.C2H6O3S/c1-3-8-5-4-7(2)6-8;1-2-6(3,4)5/h4-6H,3H2,1-2H3;2H2,1H3,(H,3,4,5)/q+1;/p-1. The number of rotatable bonds is 2. The van der Waals surface area contributed by atoms with Gasteiger partial charge in [-0.1, -0.05) is 6.92 Å². The van der Waals surface area contributed by atoms with Gasteiger partial charge in [0.05, 0.1) is 23.7 Å². The minimum Gasteiger partial charge on any atom is -0.748 e. The van der Waals surface area contributed by atoms with Gasteiger partial charge in [-0.2, -0.15) is 0 Å². The topological polar surface area (TPSA) is 66.0 Å². The third-order valence-electron chi connectivity index (χ3n) is 1.54. The Hall–Kier alpha value is -0.880. The number of nitrogens with zero attached hydrogens (tertiary/aromatic N) is 2. The zero-order chi connectivity index (χ0) is 11.2. The Kier molecular flexibility index (Phi) is 5.40. The van der Waals surface area contributed by atoms with Gasteiger partial charge in [-0.15, -0.1) is 0 Å². The second-order valence-electron chi connectivity index (χ2n) is 2.76. The third kappa shape index (κ3) is 6.62. The van der Waals surface area contributed by atoms with Crippen LogP contribution in [0.2, 0.25) is 0 Å². The molecule has 5 nitrogen and oxygen atoms in total. The molecule has 0 radical (unpaired) electrons. The molecule has 0 amide bonds. The highest BCUT2D eigenvalue weighted by Crippen LogP contribution is 1.79. The smallest absolute Gasteiger partial charge is 0.243 e. The highest BCUT2D eigenvalue weighted by Gasteiger charge is 1.92. The Balaban J connectivity index is 0.000000255. The second-order valence-corrected chi connectivity index (χ2v) is 4.45. The predicted molar refractivity (Wildman–Crippen MR) is 51.5 cm³/mol. The molecular weight excluding hydrogens is 204 g/mol. The summed E-state index contributed by atoms with van der Waals surface area (Å²) in [6.45, 7) is 4.49. The van der Waals surface area contributed by atoms with Crippen molar-refractivity contribution in [3.8, 4) is 0 Å². The predicted octanol–water partition coefficient (Wildman–Crippen LogP) is -0.116. The average Bonchev–Trinajstić information content (AvgIpc) is 2.51. The summed E-state index contributed by atoms with van der Waals surface area (Å²) >= 11 is 0. The number of aryl methyl sites for hydroxylation is 2. The molecule has 1 aromatic heterocycles. The van der Waals surface area contributed by atoms with Crippen LogP contribution < -0.4 is 4.57 Å². The molecule has 6 heteroatoms. The minimum atomic E-state index is -3.91. The van der Waals surface area contributed by atoms with Gasteiger partial charge in [0, 0.05) is 5.75 Å². The Bertz CT molecular complexity index is 356. The summed E-state index contributed by atoms with van der Waals surface area (Å²) in [7, 11) is -1.89. The Labute approximate surface area is 84.7 Å². The second kappa shape index (κ2) is 5.77. The van der Waals surface area contributed by atoms with Crippen molar-refractivity contribution in [3.05, 3.63) is 18.7 Å². The van der Waals surface area contributed by atoms with Crippen molar-refractivity contribution in [2.24, 2.45) is 7.05 Å². The molecule has 0 aliphatic carbocycles. The van der Waals surface area contributed by atoms with E-state index >= 15 is 0 Å². The lowest BCUT2D eigenvalue weighted by atomic mass is 10.7. The average molecular weight is 220 g/mol. The number of hydrogen-bond acceptors (Lipinski definition) is 3. The van der Waals surface area contributed by atoms with Gasteiger partial charge in [-0.05, 0) is 6.92 Å². The van der Waals surface area contributed by atoms with E-state index in [1.54, 1.807) is 0 Å². The third-order valence-corrected chi connectivity index (χ3v) is 2.25. The molecule has 0 fully saturated rings. The minimum absolute atomic E-state index is 0.312. The molecule has 0 saturated carbocycles. The van der Waals surface area contributed by atoms with Gasteiger partial charge in [-0.25, -0.2) is 17.6 Å². The fourth-order valence-electron chi connectivity index (χ4n) is 0.689. The highest BCUT2D eigenvalue weighted by atomic mass is 32.2. The summed E-state index contributed by atoms with van der Waals surface area (Å²) in [4.78, 5) is 0. The van der Waals surface area contributed by atoms with Crippen LogP contribution in [-0.4, -0.2) is 23.3 Å². The summed E-state index contributed by atoms with van der Waals surface area (Å²) in [6, 6.07) is 0. The van der Waals surface area contributed by atoms with Crippen LogP contribution in [0.5, 0.6) is 0 Å². The number of imidazole rings is 1. The van der Waals surface area contributed by atoms with Crippen LogP contribution in [0, 0.1) is 0 Å². The zero-order valence-electron chi connectivity index (χ0n) is 8.67. The van der Waals surface area contributed by atoms with Crippen molar-refractivity contribution >= 4 is 10.1 Å². The maximum atomic E-state index is 9.44. The molecule has 0 atom stereocenters. The van der Waals surface area contributed by atoms with E-state index in [4.69, 9.17) is 0 Å². The Morgan fingerprint density at radius 1 is 1.43 bits per heavy atom. The number of aromatic nitrogens is 2. The van der Waals surface area contributed by atoms with Gasteiger partial charge in [0.15, 0.2) is 0 Å². The maximum Gasteiger partial charge on any atom is 0.243 e. The van der Waals surface area contributed by atoms with Gasteiger partial charge < -0.3 is 4.55 Å². The first kappa shape index (κ1) is 13.1. The van der Waals surface area contributed by atoms with Crippen LogP contribution in [-0.2, 0) is 23.7 Å². The normalized spacial score (nSPS) is 10.6. The largest absolute Gasteiger partial charge is 0.748 e. The molecule has 0 bridgehead atoms. The first-order chi connectivity index (χ1) is 6.39. The molecular formula is C8H16N2O3S. The van der Waals surface area contributed by atoms with Crippen molar-refractivity contribution in [2.45, 2.75) is 20.4 Å². The van der Waals surface area contributed by atoms with Crippen molar-refractivity contribution in [1.29, 1.82) is 0 Å². The molecule has 0 aliphatic rings. The Morgan fingerprint density at radius 2 is 1.93 bits per heavy atom. The molecule has 1 rings (SSSR count). The number of hydrogen-bond donors (Lipinski definition) is 0. The molecule has 82 valence electrons. The van der Waals surface area contributed by atoms with E-state index in [9.17, 15) is 13.0 Å². The summed E-state index contributed by atoms with van der Waals surface area (Å²) in [5.74, 6) is -0.312. The fourth-order valence-corrected chi connectivity index (χ4v) is 0.689. The van der Waals surface area contributed by atoms with Crippen molar-refractivity contribution in [3.63, 3.8) is 0 Å². The molecule has 0 spiro atoms. The molecule has 1 heterocycles. The van der Waals surface area contributed by atoms with Crippen LogP contribution in [0.1, 0.15) is 13.8 Å². The molecule has 0 aromatic carbocycles. The van der Waals surface area contributed by atoms with Crippen molar-refractivity contribution < 1.29 is 17.5 Å². The van der Waals surface area contributed by atoms with Crippen LogP contribution in [0.3, 0.4) is 0 Å². The molecule has 1 aromatic rings. The maximum absolute atomic E-state index is 9.44. The van der Waals surface area contributed by atoms with Gasteiger partial charge in [0.1, 0.15) is 12.4 Å². The van der Waals surface area contributed by atoms with Gasteiger partial charge in [0.25, 0.3) is 0 Å². The molecule has 0 unspecified atom stereocenters. The quantitative estimate of drug-likeness (QED) is 0.515. The lowest BCUT2D eigenvalue weighted by Gasteiger charge is -1.97. The molecule has 0 saturated heterocycles. The summed E-state index contributed by atoms with van der Waals surface area (Å²) < 4.78 is 32.5. The van der Waals surface area contributed by atoms with E-state index in [0.29, 0.717) is 0 Å². The van der Waals surface area contributed by atoms with Crippen LogP contribution in [0.15, 0.2) is 18.7 Å². The van der Waals surface area contributed by atoms with E-state index < -0.39 is 10.1 Å². The van der Waals surface area contributed by atoms with E-state index in [2.05, 4.69) is 24.0 Å². The zero-order valence-corrected chi connectivity index (χ0v) is 9.49. The molecule has 0 aliphatic heterocycles. The van der Waals surface area contributed by atoms with E-state index in [1.807, 2.05) is 17.8 Å². The fraction of sp³-hybridized carbons (Fsp3) is 0.625. The van der Waals surface area contributed by atoms with Crippen LogP contribution >= 0.6 is 0 Å². The van der Waals surface area contributed by atoms with E-state index in [1.165, 1.54) is 6.92 Å². The van der Waals surface area contributed by atoms with Crippen molar-refractivity contribution in [1.82, 2.24) is 4.57 Å². The van der Waals surface area contributed by atoms with E-state index in [0.717, 1.165) is 6.54 Å².